The topological polar surface area (TPSA) is 71.8 Å². The molecule has 1 heterocycles. The highest BCUT2D eigenvalue weighted by molar-refractivity contribution is 5.95. The Kier molecular flexibility index (Phi) is 4.97. The number of aromatic nitrogens is 1. The number of amides is 1. The molecule has 28 heavy (non-hydrogen) atoms. The van der Waals surface area contributed by atoms with Gasteiger partial charge >= 0.3 is 6.18 Å². The van der Waals surface area contributed by atoms with Crippen LogP contribution in [0.2, 0.25) is 0 Å². The third kappa shape index (κ3) is 3.76. The fraction of sp³-hybridized carbons (Fsp3) is 0.143. The second-order valence-electron chi connectivity index (χ2n) is 6.37. The summed E-state index contributed by atoms with van der Waals surface area (Å²) in [6.07, 6.45) is -4.43. The third-order valence-corrected chi connectivity index (χ3v) is 4.54. The second-order valence-corrected chi connectivity index (χ2v) is 6.37. The van der Waals surface area contributed by atoms with E-state index < -0.39 is 17.6 Å². The van der Waals surface area contributed by atoms with E-state index in [-0.39, 0.29) is 6.54 Å². The van der Waals surface area contributed by atoms with Crippen LogP contribution in [0.5, 0.6) is 0 Å². The van der Waals surface area contributed by atoms with E-state index in [2.05, 4.69) is 0 Å². The van der Waals surface area contributed by atoms with Gasteiger partial charge in [0.25, 0.3) is 5.91 Å². The van der Waals surface area contributed by atoms with Gasteiger partial charge in [-0.2, -0.15) is 18.4 Å². The van der Waals surface area contributed by atoms with Crippen molar-refractivity contribution in [2.24, 2.45) is 5.73 Å². The molecule has 1 amide bonds. The Labute approximate surface area is 159 Å². The van der Waals surface area contributed by atoms with Crippen LogP contribution < -0.4 is 5.73 Å². The number of nitrogens with two attached hydrogens (primary N) is 1. The maximum Gasteiger partial charge on any atom is 0.416 e. The minimum Gasteiger partial charge on any atom is -0.366 e. The lowest BCUT2D eigenvalue weighted by molar-refractivity contribution is -0.137. The lowest BCUT2D eigenvalue weighted by Gasteiger charge is -2.14. The van der Waals surface area contributed by atoms with Crippen molar-refractivity contribution < 1.29 is 18.0 Å². The molecular weight excluding hydrogens is 367 g/mol. The molecule has 0 bridgehead atoms. The first-order chi connectivity index (χ1) is 13.2. The van der Waals surface area contributed by atoms with Crippen molar-refractivity contribution in [3.05, 3.63) is 82.5 Å². The van der Waals surface area contributed by atoms with Crippen LogP contribution in [0.25, 0.3) is 11.3 Å². The minimum absolute atomic E-state index is 0.137. The van der Waals surface area contributed by atoms with E-state index in [0.717, 1.165) is 17.7 Å². The molecule has 2 aromatic carbocycles. The molecular formula is C21H16F3N3O. The summed E-state index contributed by atoms with van der Waals surface area (Å²) in [5, 5.41) is 8.95. The summed E-state index contributed by atoms with van der Waals surface area (Å²) in [5.41, 5.74) is 7.85. The molecule has 0 unspecified atom stereocenters. The number of hydrogen-bond acceptors (Lipinski definition) is 2. The van der Waals surface area contributed by atoms with Crippen molar-refractivity contribution >= 4 is 5.91 Å². The lowest BCUT2D eigenvalue weighted by atomic mass is 10.1. The van der Waals surface area contributed by atoms with E-state index in [9.17, 15) is 18.0 Å². The largest absolute Gasteiger partial charge is 0.416 e. The first-order valence-corrected chi connectivity index (χ1v) is 8.37. The summed E-state index contributed by atoms with van der Waals surface area (Å²) < 4.78 is 40.8. The first-order valence-electron chi connectivity index (χ1n) is 8.37. The fourth-order valence-electron chi connectivity index (χ4n) is 3.08. The van der Waals surface area contributed by atoms with Crippen LogP contribution in [-0.4, -0.2) is 10.5 Å². The highest BCUT2D eigenvalue weighted by Crippen LogP contribution is 2.31. The van der Waals surface area contributed by atoms with Gasteiger partial charge < -0.3 is 10.3 Å². The van der Waals surface area contributed by atoms with Crippen LogP contribution in [0, 0.1) is 18.3 Å². The Bertz CT molecular complexity index is 1070. The van der Waals surface area contributed by atoms with Gasteiger partial charge in [-0.1, -0.05) is 24.3 Å². The van der Waals surface area contributed by atoms with Crippen molar-refractivity contribution in [3.8, 4) is 17.3 Å². The van der Waals surface area contributed by atoms with Gasteiger partial charge in [0.2, 0.25) is 0 Å². The molecule has 3 rings (SSSR count). The van der Waals surface area contributed by atoms with Crippen molar-refractivity contribution in [2.45, 2.75) is 19.6 Å². The Morgan fingerprint density at radius 2 is 1.82 bits per heavy atom. The Morgan fingerprint density at radius 3 is 2.39 bits per heavy atom. The average Bonchev–Trinajstić information content (AvgIpc) is 2.98. The molecule has 0 radical (unpaired) electrons. The average molecular weight is 383 g/mol. The summed E-state index contributed by atoms with van der Waals surface area (Å²) in [7, 11) is 0. The maximum atomic E-state index is 13.0. The highest BCUT2D eigenvalue weighted by atomic mass is 19.4. The van der Waals surface area contributed by atoms with Crippen molar-refractivity contribution in [3.63, 3.8) is 0 Å². The fourth-order valence-corrected chi connectivity index (χ4v) is 3.08. The minimum atomic E-state index is -4.43. The monoisotopic (exact) mass is 383 g/mol. The molecule has 0 fully saturated rings. The molecule has 0 aliphatic carbocycles. The number of primary amides is 1. The molecule has 0 aliphatic heterocycles. The second kappa shape index (κ2) is 7.24. The molecule has 0 saturated heterocycles. The molecule has 142 valence electrons. The number of nitriles is 1. The van der Waals surface area contributed by atoms with Gasteiger partial charge in [-0.3, -0.25) is 4.79 Å². The van der Waals surface area contributed by atoms with E-state index in [1.165, 1.54) is 6.07 Å². The number of carbonyl (C=O) groups excluding carboxylic acids is 1. The van der Waals surface area contributed by atoms with Crippen LogP contribution in [-0.2, 0) is 12.7 Å². The number of hydrogen-bond donors (Lipinski definition) is 1. The van der Waals surface area contributed by atoms with Gasteiger partial charge in [-0.05, 0) is 48.4 Å². The number of benzene rings is 2. The highest BCUT2D eigenvalue weighted by Gasteiger charge is 2.30. The van der Waals surface area contributed by atoms with Crippen molar-refractivity contribution in [1.29, 1.82) is 5.26 Å². The van der Waals surface area contributed by atoms with Gasteiger partial charge in [0, 0.05) is 17.9 Å². The number of carbonyl (C=O) groups is 1. The Hall–Kier alpha value is -3.53. The van der Waals surface area contributed by atoms with Crippen molar-refractivity contribution in [2.75, 3.05) is 0 Å². The van der Waals surface area contributed by atoms with Gasteiger partial charge in [-0.15, -0.1) is 0 Å². The third-order valence-electron chi connectivity index (χ3n) is 4.54. The summed E-state index contributed by atoms with van der Waals surface area (Å²) in [4.78, 5) is 11.8. The standard InChI is InChI=1S/C21H16F3N3O/c1-13-18(20(26)28)10-19(16-7-5-14(11-25)6-8-16)27(13)12-15-3-2-4-17(9-15)21(22,23)24/h2-10H,12H2,1H3,(H2,26,28). The predicted molar refractivity (Wildman–Crippen MR) is 98.4 cm³/mol. The smallest absolute Gasteiger partial charge is 0.366 e. The van der Waals surface area contributed by atoms with Crippen molar-refractivity contribution in [1.82, 2.24) is 4.57 Å². The van der Waals surface area contributed by atoms with Crippen LogP contribution in [0.1, 0.15) is 32.7 Å². The first kappa shape index (κ1) is 19.2. The summed E-state index contributed by atoms with van der Waals surface area (Å²) in [6.45, 7) is 1.83. The number of alkyl halides is 3. The number of nitrogens with zero attached hydrogens (tertiary/aromatic N) is 2. The maximum absolute atomic E-state index is 13.0. The summed E-state index contributed by atoms with van der Waals surface area (Å²) in [5.74, 6) is -0.616. The SMILES string of the molecule is Cc1c(C(N)=O)cc(-c2ccc(C#N)cc2)n1Cc1cccc(C(F)(F)F)c1. The molecule has 4 nitrogen and oxygen atoms in total. The van der Waals surface area contributed by atoms with Crippen LogP contribution in [0.4, 0.5) is 13.2 Å². The Morgan fingerprint density at radius 1 is 1.14 bits per heavy atom. The molecule has 3 aromatic rings. The molecule has 0 spiro atoms. The molecule has 2 N–H and O–H groups in total. The van der Waals surface area contributed by atoms with E-state index in [1.807, 2.05) is 6.07 Å². The van der Waals surface area contributed by atoms with Crippen LogP contribution in [0.15, 0.2) is 54.6 Å². The molecule has 0 saturated carbocycles. The zero-order valence-corrected chi connectivity index (χ0v) is 14.9. The van der Waals surface area contributed by atoms with E-state index in [1.54, 1.807) is 47.9 Å². The molecule has 7 heteroatoms. The van der Waals surface area contributed by atoms with E-state index >= 15 is 0 Å². The molecule has 1 aromatic heterocycles. The van der Waals surface area contributed by atoms with Gasteiger partial charge in [0.15, 0.2) is 0 Å². The quantitative estimate of drug-likeness (QED) is 0.720. The Balaban J connectivity index is 2.09. The van der Waals surface area contributed by atoms with Gasteiger partial charge in [0.05, 0.1) is 22.8 Å². The molecule has 0 atom stereocenters. The number of rotatable bonds is 4. The zero-order chi connectivity index (χ0) is 20.5. The normalized spacial score (nSPS) is 11.2. The van der Waals surface area contributed by atoms with Gasteiger partial charge in [0.1, 0.15) is 0 Å². The zero-order valence-electron chi connectivity index (χ0n) is 14.9. The van der Waals surface area contributed by atoms with Crippen LogP contribution >= 0.6 is 0 Å². The van der Waals surface area contributed by atoms with Crippen LogP contribution in [0.3, 0.4) is 0 Å². The van der Waals surface area contributed by atoms with E-state index in [4.69, 9.17) is 11.0 Å². The summed E-state index contributed by atoms with van der Waals surface area (Å²) in [6, 6.07) is 15.4. The summed E-state index contributed by atoms with van der Waals surface area (Å²) >= 11 is 0. The van der Waals surface area contributed by atoms with Gasteiger partial charge in [-0.25, -0.2) is 0 Å². The predicted octanol–water partition coefficient (Wildman–Crippen LogP) is 4.50. The van der Waals surface area contributed by atoms with E-state index in [0.29, 0.717) is 28.1 Å². The lowest BCUT2D eigenvalue weighted by Crippen LogP contribution is -2.13. The molecule has 0 aliphatic rings. The number of halogens is 3.